The third kappa shape index (κ3) is 3.96. The maximum Gasteiger partial charge on any atom is 0.259 e. The number of fused-ring (bicyclic) bond motifs is 1. The topological polar surface area (TPSA) is 92.2 Å². The molecule has 2 aromatic rings. The van der Waals surface area contributed by atoms with Crippen molar-refractivity contribution >= 4 is 33.7 Å². The van der Waals surface area contributed by atoms with Crippen LogP contribution >= 0.6 is 15.9 Å². The summed E-state index contributed by atoms with van der Waals surface area (Å²) in [7, 11) is 0. The standard InChI is InChI=1S/C16H14BrN3O4/c17-12-5-10(1-3-13(12)21)7-19-20-16(22)8-18-11-2-4-14-15(6-11)24-9-23-14/h1-7,18,21H,8-9H2,(H,20,22)/b19-7+. The molecule has 0 saturated heterocycles. The smallest absolute Gasteiger partial charge is 0.259 e. The molecule has 0 aliphatic carbocycles. The molecular weight excluding hydrogens is 378 g/mol. The van der Waals surface area contributed by atoms with Gasteiger partial charge in [-0.3, -0.25) is 4.79 Å². The van der Waals surface area contributed by atoms with E-state index < -0.39 is 0 Å². The number of benzene rings is 2. The summed E-state index contributed by atoms with van der Waals surface area (Å²) >= 11 is 3.21. The lowest BCUT2D eigenvalue weighted by Gasteiger charge is -2.06. The number of carbonyl (C=O) groups excluding carboxylic acids is 1. The van der Waals surface area contributed by atoms with Crippen LogP contribution in [0.1, 0.15) is 5.56 Å². The van der Waals surface area contributed by atoms with Crippen molar-refractivity contribution in [1.29, 1.82) is 0 Å². The Labute approximate surface area is 146 Å². The minimum Gasteiger partial charge on any atom is -0.507 e. The third-order valence-corrected chi connectivity index (χ3v) is 3.84. The molecule has 0 atom stereocenters. The first-order valence-corrected chi connectivity index (χ1v) is 7.85. The Balaban J connectivity index is 1.49. The van der Waals surface area contributed by atoms with Crippen LogP contribution in [0.5, 0.6) is 17.2 Å². The molecular formula is C16H14BrN3O4. The fourth-order valence-electron chi connectivity index (χ4n) is 2.01. The Bertz CT molecular complexity index is 795. The number of carbonyl (C=O) groups is 1. The van der Waals surface area contributed by atoms with Crippen LogP contribution in [0.15, 0.2) is 46.0 Å². The molecule has 0 radical (unpaired) electrons. The van der Waals surface area contributed by atoms with Gasteiger partial charge in [0.2, 0.25) is 6.79 Å². The molecule has 24 heavy (non-hydrogen) atoms. The molecule has 0 fully saturated rings. The second-order valence-corrected chi connectivity index (χ2v) is 5.78. The van der Waals surface area contributed by atoms with Gasteiger partial charge in [0.15, 0.2) is 11.5 Å². The Morgan fingerprint density at radius 2 is 2.08 bits per heavy atom. The zero-order valence-electron chi connectivity index (χ0n) is 12.5. The molecule has 0 saturated carbocycles. The van der Waals surface area contributed by atoms with Crippen LogP contribution in [0.3, 0.4) is 0 Å². The van der Waals surface area contributed by atoms with E-state index in [0.717, 1.165) is 11.3 Å². The van der Waals surface area contributed by atoms with E-state index >= 15 is 0 Å². The normalized spacial score (nSPS) is 12.4. The van der Waals surface area contributed by atoms with Gasteiger partial charge >= 0.3 is 0 Å². The van der Waals surface area contributed by atoms with Crippen molar-refractivity contribution in [3.63, 3.8) is 0 Å². The quantitative estimate of drug-likeness (QED) is 0.537. The summed E-state index contributed by atoms with van der Waals surface area (Å²) < 4.78 is 11.1. The van der Waals surface area contributed by atoms with Gasteiger partial charge in [-0.05, 0) is 51.8 Å². The van der Waals surface area contributed by atoms with E-state index in [1.165, 1.54) is 12.3 Å². The highest BCUT2D eigenvalue weighted by Crippen LogP contribution is 2.34. The van der Waals surface area contributed by atoms with Crippen molar-refractivity contribution in [2.75, 3.05) is 18.7 Å². The molecule has 124 valence electrons. The van der Waals surface area contributed by atoms with Crippen LogP contribution in [-0.2, 0) is 4.79 Å². The van der Waals surface area contributed by atoms with Crippen molar-refractivity contribution in [3.8, 4) is 17.2 Å². The summed E-state index contributed by atoms with van der Waals surface area (Å²) in [6.07, 6.45) is 1.49. The van der Waals surface area contributed by atoms with Gasteiger partial charge in [-0.1, -0.05) is 0 Å². The monoisotopic (exact) mass is 391 g/mol. The number of anilines is 1. The maximum atomic E-state index is 11.8. The van der Waals surface area contributed by atoms with Gasteiger partial charge in [-0.2, -0.15) is 5.10 Å². The first-order chi connectivity index (χ1) is 11.6. The first-order valence-electron chi connectivity index (χ1n) is 7.06. The highest BCUT2D eigenvalue weighted by molar-refractivity contribution is 9.10. The van der Waals surface area contributed by atoms with Gasteiger partial charge in [0, 0.05) is 11.8 Å². The Kier molecular flexibility index (Phi) is 4.85. The first kappa shape index (κ1) is 16.1. The number of hydrogen-bond acceptors (Lipinski definition) is 6. The van der Waals surface area contributed by atoms with E-state index in [4.69, 9.17) is 9.47 Å². The van der Waals surface area contributed by atoms with Crippen LogP contribution < -0.4 is 20.2 Å². The fourth-order valence-corrected chi connectivity index (χ4v) is 2.41. The van der Waals surface area contributed by atoms with Crippen molar-refractivity contribution in [3.05, 3.63) is 46.4 Å². The molecule has 7 nitrogen and oxygen atoms in total. The predicted molar refractivity (Wildman–Crippen MR) is 92.6 cm³/mol. The number of amides is 1. The highest BCUT2D eigenvalue weighted by atomic mass is 79.9. The number of phenols is 1. The van der Waals surface area contributed by atoms with Crippen LogP contribution in [0, 0.1) is 0 Å². The molecule has 1 aliphatic rings. The molecule has 3 rings (SSSR count). The van der Waals surface area contributed by atoms with Crippen molar-refractivity contribution in [2.24, 2.45) is 5.10 Å². The van der Waals surface area contributed by atoms with Crippen LogP contribution in [-0.4, -0.2) is 30.6 Å². The molecule has 2 aromatic carbocycles. The SMILES string of the molecule is O=C(CNc1ccc2c(c1)OCO2)N/N=C/c1ccc(O)c(Br)c1. The van der Waals surface area contributed by atoms with Crippen molar-refractivity contribution < 1.29 is 19.4 Å². The van der Waals surface area contributed by atoms with Crippen molar-refractivity contribution in [2.45, 2.75) is 0 Å². The highest BCUT2D eigenvalue weighted by Gasteiger charge is 2.13. The van der Waals surface area contributed by atoms with E-state index in [2.05, 4.69) is 31.8 Å². The number of nitrogens with zero attached hydrogens (tertiary/aromatic N) is 1. The number of hydrazone groups is 1. The van der Waals surface area contributed by atoms with Crippen molar-refractivity contribution in [1.82, 2.24) is 5.43 Å². The summed E-state index contributed by atoms with van der Waals surface area (Å²) in [6.45, 7) is 0.275. The van der Waals surface area contributed by atoms with Crippen LogP contribution in [0.4, 0.5) is 5.69 Å². The lowest BCUT2D eigenvalue weighted by molar-refractivity contribution is -0.119. The Morgan fingerprint density at radius 3 is 2.92 bits per heavy atom. The van der Waals surface area contributed by atoms with E-state index in [1.807, 2.05) is 0 Å². The lowest BCUT2D eigenvalue weighted by atomic mass is 10.2. The average Bonchev–Trinajstić information content (AvgIpc) is 3.04. The molecule has 0 aromatic heterocycles. The van der Waals surface area contributed by atoms with Crippen LogP contribution in [0.2, 0.25) is 0 Å². The molecule has 3 N–H and O–H groups in total. The molecule has 1 aliphatic heterocycles. The number of halogens is 1. The second kappa shape index (κ2) is 7.22. The maximum absolute atomic E-state index is 11.8. The summed E-state index contributed by atoms with van der Waals surface area (Å²) in [5.41, 5.74) is 3.91. The van der Waals surface area contributed by atoms with Crippen LogP contribution in [0.25, 0.3) is 0 Å². The minimum absolute atomic E-state index is 0.0657. The molecule has 1 amide bonds. The number of aromatic hydroxyl groups is 1. The van der Waals surface area contributed by atoms with E-state index in [0.29, 0.717) is 16.0 Å². The van der Waals surface area contributed by atoms with Gasteiger partial charge in [0.25, 0.3) is 5.91 Å². The summed E-state index contributed by atoms with van der Waals surface area (Å²) in [5, 5.41) is 16.3. The fraction of sp³-hybridized carbons (Fsp3) is 0.125. The number of ether oxygens (including phenoxy) is 2. The number of hydrogen-bond donors (Lipinski definition) is 3. The Morgan fingerprint density at radius 1 is 1.25 bits per heavy atom. The molecule has 0 spiro atoms. The molecule has 0 unspecified atom stereocenters. The summed E-state index contributed by atoms with van der Waals surface area (Å²) in [5.74, 6) is 1.19. The molecule has 1 heterocycles. The summed E-state index contributed by atoms with van der Waals surface area (Å²) in [6, 6.07) is 10.3. The van der Waals surface area contributed by atoms with Gasteiger partial charge < -0.3 is 19.9 Å². The largest absolute Gasteiger partial charge is 0.507 e. The molecule has 8 heteroatoms. The van der Waals surface area contributed by atoms with Gasteiger partial charge in [0.05, 0.1) is 17.2 Å². The van der Waals surface area contributed by atoms with Gasteiger partial charge in [-0.25, -0.2) is 5.43 Å². The number of nitrogens with one attached hydrogen (secondary N) is 2. The minimum atomic E-state index is -0.290. The van der Waals surface area contributed by atoms with E-state index in [1.54, 1.807) is 30.3 Å². The van der Waals surface area contributed by atoms with Gasteiger partial charge in [0.1, 0.15) is 5.75 Å². The summed E-state index contributed by atoms with van der Waals surface area (Å²) in [4.78, 5) is 11.8. The Hall–Kier alpha value is -2.74. The average molecular weight is 392 g/mol. The lowest BCUT2D eigenvalue weighted by Crippen LogP contribution is -2.25. The van der Waals surface area contributed by atoms with E-state index in [-0.39, 0.29) is 25.0 Å². The zero-order chi connectivity index (χ0) is 16.9. The predicted octanol–water partition coefficient (Wildman–Crippen LogP) is 2.45. The number of phenolic OH excluding ortho intramolecular Hbond substituents is 1. The van der Waals surface area contributed by atoms with Gasteiger partial charge in [-0.15, -0.1) is 0 Å². The molecule has 0 bridgehead atoms. The second-order valence-electron chi connectivity index (χ2n) is 4.93. The number of rotatable bonds is 5. The zero-order valence-corrected chi connectivity index (χ0v) is 14.0. The van der Waals surface area contributed by atoms with E-state index in [9.17, 15) is 9.90 Å². The third-order valence-electron chi connectivity index (χ3n) is 3.20.